The van der Waals surface area contributed by atoms with Crippen molar-refractivity contribution in [2.24, 2.45) is 5.92 Å². The van der Waals surface area contributed by atoms with Crippen LogP contribution in [0, 0.1) is 5.92 Å². The lowest BCUT2D eigenvalue weighted by Crippen LogP contribution is -2.41. The Morgan fingerprint density at radius 2 is 2.17 bits per heavy atom. The summed E-state index contributed by atoms with van der Waals surface area (Å²) in [6.45, 7) is 1.81. The summed E-state index contributed by atoms with van der Waals surface area (Å²) in [5.74, 6) is -0.313. The standard InChI is InChI=1S/C7H14O4S/c1-2-6-4-3-5-7(6,8)12(9,10)11/h6,8H,2-5H2,1H3,(H,9,10,11). The summed E-state index contributed by atoms with van der Waals surface area (Å²) < 4.78 is 30.5. The van der Waals surface area contributed by atoms with Crippen LogP contribution in [0.25, 0.3) is 0 Å². The molecule has 0 radical (unpaired) electrons. The van der Waals surface area contributed by atoms with Crippen LogP contribution < -0.4 is 0 Å². The van der Waals surface area contributed by atoms with Gasteiger partial charge in [-0.3, -0.25) is 4.55 Å². The molecule has 0 aromatic heterocycles. The molecule has 0 aromatic carbocycles. The highest BCUT2D eigenvalue weighted by Gasteiger charge is 2.50. The van der Waals surface area contributed by atoms with Gasteiger partial charge in [-0.15, -0.1) is 0 Å². The highest BCUT2D eigenvalue weighted by molar-refractivity contribution is 7.87. The van der Waals surface area contributed by atoms with E-state index in [2.05, 4.69) is 0 Å². The lowest BCUT2D eigenvalue weighted by atomic mass is 10.0. The fourth-order valence-corrected chi connectivity index (χ4v) is 3.00. The normalized spacial score (nSPS) is 37.1. The van der Waals surface area contributed by atoms with Crippen molar-refractivity contribution in [2.45, 2.75) is 37.5 Å². The molecule has 2 unspecified atom stereocenters. The zero-order valence-electron chi connectivity index (χ0n) is 7.02. The van der Waals surface area contributed by atoms with E-state index in [-0.39, 0.29) is 12.3 Å². The second-order valence-electron chi connectivity index (χ2n) is 3.32. The van der Waals surface area contributed by atoms with E-state index >= 15 is 0 Å². The molecule has 1 fully saturated rings. The van der Waals surface area contributed by atoms with Crippen LogP contribution in [0.5, 0.6) is 0 Å². The van der Waals surface area contributed by atoms with Crippen LogP contribution in [-0.2, 0) is 10.1 Å². The molecule has 2 N–H and O–H groups in total. The molecule has 0 bridgehead atoms. The molecule has 1 aliphatic rings. The van der Waals surface area contributed by atoms with Crippen molar-refractivity contribution in [1.29, 1.82) is 0 Å². The number of aliphatic hydroxyl groups is 1. The van der Waals surface area contributed by atoms with Gasteiger partial charge in [0.25, 0.3) is 10.1 Å². The number of rotatable bonds is 2. The highest BCUT2D eigenvalue weighted by Crippen LogP contribution is 2.40. The summed E-state index contributed by atoms with van der Waals surface area (Å²) in [5, 5.41) is 9.65. The average Bonchev–Trinajstić information content (AvgIpc) is 2.30. The Bertz CT molecular complexity index is 259. The van der Waals surface area contributed by atoms with Gasteiger partial charge >= 0.3 is 0 Å². The molecule has 0 spiro atoms. The molecule has 0 heterocycles. The molecule has 12 heavy (non-hydrogen) atoms. The quantitative estimate of drug-likeness (QED) is 0.637. The predicted octanol–water partition coefficient (Wildman–Crippen LogP) is 0.773. The van der Waals surface area contributed by atoms with Gasteiger partial charge in [0.05, 0.1) is 0 Å². The maximum Gasteiger partial charge on any atom is 0.295 e. The first-order chi connectivity index (χ1) is 5.42. The van der Waals surface area contributed by atoms with Crippen molar-refractivity contribution in [2.75, 3.05) is 0 Å². The van der Waals surface area contributed by atoms with Gasteiger partial charge in [0, 0.05) is 5.92 Å². The molecule has 0 saturated heterocycles. The van der Waals surface area contributed by atoms with Gasteiger partial charge in [-0.25, -0.2) is 0 Å². The second-order valence-corrected chi connectivity index (χ2v) is 4.97. The maximum absolute atomic E-state index is 10.8. The average molecular weight is 194 g/mol. The van der Waals surface area contributed by atoms with Crippen LogP contribution in [0.4, 0.5) is 0 Å². The minimum absolute atomic E-state index is 0.157. The monoisotopic (exact) mass is 194 g/mol. The molecule has 1 rings (SSSR count). The van der Waals surface area contributed by atoms with Crippen LogP contribution in [-0.4, -0.2) is 23.0 Å². The Morgan fingerprint density at radius 3 is 2.50 bits per heavy atom. The third-order valence-electron chi connectivity index (χ3n) is 2.66. The zero-order chi connectivity index (χ0) is 9.41. The molecule has 5 heteroatoms. The first-order valence-corrected chi connectivity index (χ1v) is 5.55. The number of hydrogen-bond donors (Lipinski definition) is 2. The molecule has 1 saturated carbocycles. The van der Waals surface area contributed by atoms with Crippen molar-refractivity contribution in [3.05, 3.63) is 0 Å². The second kappa shape index (κ2) is 2.97. The topological polar surface area (TPSA) is 74.6 Å². The molecule has 1 aliphatic carbocycles. The van der Waals surface area contributed by atoms with E-state index in [1.807, 2.05) is 6.92 Å². The summed E-state index contributed by atoms with van der Waals surface area (Å²) in [5.41, 5.74) is 0. The molecule has 4 nitrogen and oxygen atoms in total. The molecule has 0 amide bonds. The predicted molar refractivity (Wildman–Crippen MR) is 44.1 cm³/mol. The van der Waals surface area contributed by atoms with Crippen molar-refractivity contribution >= 4 is 10.1 Å². The molecular weight excluding hydrogens is 180 g/mol. The van der Waals surface area contributed by atoms with E-state index in [9.17, 15) is 13.5 Å². The Labute approximate surface area is 72.3 Å². The van der Waals surface area contributed by atoms with Crippen molar-refractivity contribution in [1.82, 2.24) is 0 Å². The summed E-state index contributed by atoms with van der Waals surface area (Å²) in [4.78, 5) is -1.87. The van der Waals surface area contributed by atoms with Gasteiger partial charge in [-0.05, 0) is 25.7 Å². The first kappa shape index (κ1) is 9.95. The van der Waals surface area contributed by atoms with Crippen LogP contribution in [0.3, 0.4) is 0 Å². The first-order valence-electron chi connectivity index (χ1n) is 4.11. The zero-order valence-corrected chi connectivity index (χ0v) is 7.84. The van der Waals surface area contributed by atoms with Gasteiger partial charge in [-0.1, -0.05) is 6.92 Å². The van der Waals surface area contributed by atoms with Gasteiger partial charge in [0.15, 0.2) is 4.93 Å². The maximum atomic E-state index is 10.8. The molecule has 2 atom stereocenters. The van der Waals surface area contributed by atoms with E-state index in [1.165, 1.54) is 0 Å². The van der Waals surface area contributed by atoms with E-state index in [0.717, 1.165) is 0 Å². The minimum Gasteiger partial charge on any atom is -0.372 e. The van der Waals surface area contributed by atoms with Crippen LogP contribution in [0.2, 0.25) is 0 Å². The van der Waals surface area contributed by atoms with Gasteiger partial charge in [0.2, 0.25) is 0 Å². The molecular formula is C7H14O4S. The highest BCUT2D eigenvalue weighted by atomic mass is 32.2. The lowest BCUT2D eigenvalue weighted by molar-refractivity contribution is 0.0725. The number of hydrogen-bond acceptors (Lipinski definition) is 3. The van der Waals surface area contributed by atoms with Crippen LogP contribution in [0.15, 0.2) is 0 Å². The van der Waals surface area contributed by atoms with Crippen molar-refractivity contribution in [3.8, 4) is 0 Å². The van der Waals surface area contributed by atoms with Gasteiger partial charge < -0.3 is 5.11 Å². The van der Waals surface area contributed by atoms with Crippen LogP contribution in [0.1, 0.15) is 32.6 Å². The molecule has 72 valence electrons. The molecule has 0 aromatic rings. The Hall–Kier alpha value is -0.130. The Kier molecular flexibility index (Phi) is 2.47. The van der Waals surface area contributed by atoms with E-state index in [1.54, 1.807) is 0 Å². The van der Waals surface area contributed by atoms with Gasteiger partial charge in [0.1, 0.15) is 0 Å². The minimum atomic E-state index is -4.31. The molecule has 0 aliphatic heterocycles. The smallest absolute Gasteiger partial charge is 0.295 e. The third kappa shape index (κ3) is 1.36. The fourth-order valence-electron chi connectivity index (χ4n) is 1.89. The van der Waals surface area contributed by atoms with Gasteiger partial charge in [-0.2, -0.15) is 8.42 Å². The Morgan fingerprint density at radius 1 is 1.58 bits per heavy atom. The van der Waals surface area contributed by atoms with E-state index in [0.29, 0.717) is 19.3 Å². The largest absolute Gasteiger partial charge is 0.372 e. The summed E-state index contributed by atoms with van der Waals surface area (Å²) in [7, 11) is -4.31. The third-order valence-corrected chi connectivity index (χ3v) is 4.10. The Balaban J connectivity index is 2.97. The van der Waals surface area contributed by atoms with E-state index < -0.39 is 15.1 Å². The summed E-state index contributed by atoms with van der Waals surface area (Å²) >= 11 is 0. The summed E-state index contributed by atoms with van der Waals surface area (Å²) in [6.07, 6.45) is 2.07. The van der Waals surface area contributed by atoms with Crippen molar-refractivity contribution in [3.63, 3.8) is 0 Å². The fraction of sp³-hybridized carbons (Fsp3) is 1.00. The summed E-state index contributed by atoms with van der Waals surface area (Å²) in [6, 6.07) is 0. The SMILES string of the molecule is CCC1CCCC1(O)S(=O)(=O)O. The van der Waals surface area contributed by atoms with Crippen molar-refractivity contribution < 1.29 is 18.1 Å². The van der Waals surface area contributed by atoms with E-state index in [4.69, 9.17) is 4.55 Å². The lowest BCUT2D eigenvalue weighted by Gasteiger charge is -2.25. The van der Waals surface area contributed by atoms with Crippen LogP contribution >= 0.6 is 0 Å².